The van der Waals surface area contributed by atoms with Crippen molar-refractivity contribution in [2.45, 2.75) is 0 Å². The van der Waals surface area contributed by atoms with Crippen molar-refractivity contribution in [3.05, 3.63) is 132 Å². The van der Waals surface area contributed by atoms with Crippen molar-refractivity contribution in [3.8, 4) is 17.5 Å². The molecule has 0 amide bonds. The molecule has 0 bridgehead atoms. The highest BCUT2D eigenvalue weighted by molar-refractivity contribution is 9.08. The summed E-state index contributed by atoms with van der Waals surface area (Å²) in [6.45, 7) is 0. The van der Waals surface area contributed by atoms with Gasteiger partial charge in [-0.3, -0.25) is 5.41 Å². The number of hydrogen-bond acceptors (Lipinski definition) is 7. The molecule has 0 aliphatic rings. The van der Waals surface area contributed by atoms with Gasteiger partial charge in [0.05, 0.1) is 52.9 Å². The van der Waals surface area contributed by atoms with Crippen molar-refractivity contribution in [3.63, 3.8) is 0 Å². The summed E-state index contributed by atoms with van der Waals surface area (Å²) in [5.41, 5.74) is 14.3. The fourth-order valence-corrected chi connectivity index (χ4v) is 4.80. The molecule has 0 atom stereocenters. The molecule has 0 saturated heterocycles. The van der Waals surface area contributed by atoms with Crippen LogP contribution in [-0.4, -0.2) is 21.0 Å². The van der Waals surface area contributed by atoms with E-state index in [2.05, 4.69) is 29.5 Å². The van der Waals surface area contributed by atoms with Gasteiger partial charge in [0.2, 0.25) is 0 Å². The highest BCUT2D eigenvalue weighted by atomic mass is 79.9. The maximum atomic E-state index is 13.4. The maximum Gasteiger partial charge on any atom is 0.200 e. The molecular weight excluding hydrogens is 866 g/mol. The van der Waals surface area contributed by atoms with Gasteiger partial charge in [0, 0.05) is 11.5 Å². The van der Waals surface area contributed by atoms with Gasteiger partial charge < -0.3 is 17.2 Å². The summed E-state index contributed by atoms with van der Waals surface area (Å²) in [4.78, 5) is 3.74. The van der Waals surface area contributed by atoms with Gasteiger partial charge in [-0.2, -0.15) is 18.6 Å². The molecule has 268 valence electrons. The average Bonchev–Trinajstić information content (AvgIpc) is 3.51. The number of amidine groups is 2. The number of hydrogen-bond donors (Lipinski definition) is 4. The minimum absolute atomic E-state index is 0.000463. The zero-order valence-electron chi connectivity index (χ0n) is 24.5. The van der Waals surface area contributed by atoms with Crippen LogP contribution in [0.4, 0.5) is 40.3 Å². The number of benzene rings is 4. The number of halogens is 13. The number of nitriles is 1. The van der Waals surface area contributed by atoms with Crippen molar-refractivity contribution in [1.29, 1.82) is 10.7 Å². The van der Waals surface area contributed by atoms with E-state index in [1.54, 1.807) is 0 Å². The third-order valence-electron chi connectivity index (χ3n) is 5.57. The van der Waals surface area contributed by atoms with Crippen LogP contribution in [-0.2, 0) is 0 Å². The molecule has 0 radical (unpaired) electrons. The molecule has 0 fully saturated rings. The summed E-state index contributed by atoms with van der Waals surface area (Å²) in [5.74, 6) is -9.49. The number of nitrogens with one attached hydrogen (secondary N) is 1. The standard InChI is InChI=1S/C8H4ClF2N3S.C7H4BrClF2N2.C7H5ClF2N2.C7H2ClF2N/c9-3-1-2-4(10)6(11)5(3)7-13-8(12)15-14-7;8-13-7(12)5-3(9)1-2-4(10)6(5)11;8-3-1-2-4(9)6(10)5(3)7(11)12;8-5-1-2-6(9)7(10)4(5)3-11/h1-2H,(H2,12,13,14);1-2H,(H2,12,13);1-2H,(H3,11,12);1-2H. The third-order valence-corrected chi connectivity index (χ3v) is 7.75. The summed E-state index contributed by atoms with van der Waals surface area (Å²) in [6.07, 6.45) is 0. The van der Waals surface area contributed by atoms with E-state index < -0.39 is 63.5 Å². The Morgan fingerprint density at radius 3 is 1.55 bits per heavy atom. The smallest absolute Gasteiger partial charge is 0.200 e. The van der Waals surface area contributed by atoms with E-state index >= 15 is 0 Å². The van der Waals surface area contributed by atoms with Crippen LogP contribution in [0.25, 0.3) is 11.4 Å². The summed E-state index contributed by atoms with van der Waals surface area (Å²) >= 11 is 25.7. The molecule has 5 rings (SSSR count). The van der Waals surface area contributed by atoms with Gasteiger partial charge in [0.15, 0.2) is 57.5 Å². The van der Waals surface area contributed by atoms with Crippen LogP contribution >= 0.6 is 74.1 Å². The highest BCUT2D eigenvalue weighted by Gasteiger charge is 2.19. The summed E-state index contributed by atoms with van der Waals surface area (Å²) < 4.78 is 109. The summed E-state index contributed by atoms with van der Waals surface area (Å²) in [6, 6.07) is 9.81. The van der Waals surface area contributed by atoms with Gasteiger partial charge >= 0.3 is 0 Å². The van der Waals surface area contributed by atoms with Crippen LogP contribution in [0.5, 0.6) is 0 Å². The predicted molar refractivity (Wildman–Crippen MR) is 184 cm³/mol. The number of rotatable bonds is 3. The number of nitrogen functional groups attached to an aromatic ring is 2. The lowest BCUT2D eigenvalue weighted by Gasteiger charge is -2.03. The molecule has 5 aromatic rings. The largest absolute Gasteiger partial charge is 0.384 e. The Labute approximate surface area is 315 Å². The van der Waals surface area contributed by atoms with Crippen molar-refractivity contribution < 1.29 is 35.1 Å². The number of nitrogens with zero attached hydrogens (tertiary/aromatic N) is 4. The van der Waals surface area contributed by atoms with Crippen LogP contribution in [0.1, 0.15) is 16.7 Å². The van der Waals surface area contributed by atoms with Crippen molar-refractivity contribution in [1.82, 2.24) is 9.36 Å². The Morgan fingerprint density at radius 1 is 0.706 bits per heavy atom. The topological polar surface area (TPSA) is 164 Å². The van der Waals surface area contributed by atoms with E-state index in [4.69, 9.17) is 74.3 Å². The van der Waals surface area contributed by atoms with Crippen LogP contribution in [0.2, 0.25) is 20.1 Å². The van der Waals surface area contributed by atoms with Crippen LogP contribution in [0.15, 0.2) is 52.5 Å². The molecular formula is C29H15BrCl4F8N8S. The van der Waals surface area contributed by atoms with Crippen molar-refractivity contribution in [2.75, 3.05) is 5.73 Å². The first kappa shape index (κ1) is 42.9. The molecule has 0 spiro atoms. The van der Waals surface area contributed by atoms with E-state index in [1.807, 2.05) is 0 Å². The number of nitrogens with two attached hydrogens (primary N) is 3. The van der Waals surface area contributed by atoms with Crippen LogP contribution in [0.3, 0.4) is 0 Å². The molecule has 7 N–H and O–H groups in total. The first-order chi connectivity index (χ1) is 23.9. The van der Waals surface area contributed by atoms with E-state index in [9.17, 15) is 35.1 Å². The SMILES string of the molecule is N#Cc1c(Cl)ccc(F)c1F.N=C(N)c1c(Cl)ccc(F)c1F.NC(=NBr)c1c(Cl)ccc(F)c1F.Nc1nc(-c2c(Cl)ccc(F)c2F)ns1. The Bertz CT molecular complexity index is 2150. The Morgan fingerprint density at radius 2 is 1.14 bits per heavy atom. The molecule has 0 aliphatic heterocycles. The van der Waals surface area contributed by atoms with Crippen molar-refractivity contribution >= 4 is 90.9 Å². The monoisotopic (exact) mass is 878 g/mol. The fourth-order valence-electron chi connectivity index (χ4n) is 3.28. The molecule has 4 aromatic carbocycles. The molecule has 0 aliphatic carbocycles. The second-order valence-corrected chi connectivity index (χ2v) is 11.6. The van der Waals surface area contributed by atoms with Gasteiger partial charge in [0.25, 0.3) is 0 Å². The number of anilines is 1. The van der Waals surface area contributed by atoms with E-state index in [-0.39, 0.29) is 48.0 Å². The molecule has 1 aromatic heterocycles. The zero-order chi connectivity index (χ0) is 38.7. The fraction of sp³-hybridized carbons (Fsp3) is 0. The minimum atomic E-state index is -1.19. The first-order valence-corrected chi connectivity index (χ1v) is 15.7. The minimum Gasteiger partial charge on any atom is -0.384 e. The molecule has 0 unspecified atom stereocenters. The molecule has 22 heteroatoms. The van der Waals surface area contributed by atoms with Gasteiger partial charge in [-0.15, -0.1) is 0 Å². The quantitative estimate of drug-likeness (QED) is 0.0610. The van der Waals surface area contributed by atoms with Gasteiger partial charge in [-0.25, -0.2) is 35.1 Å². The maximum absolute atomic E-state index is 13.4. The van der Waals surface area contributed by atoms with Crippen molar-refractivity contribution in [2.24, 2.45) is 15.5 Å². The molecule has 1 heterocycles. The summed E-state index contributed by atoms with van der Waals surface area (Å²) in [5, 5.41) is 15.3. The lowest BCUT2D eigenvalue weighted by Crippen LogP contribution is -2.15. The lowest BCUT2D eigenvalue weighted by molar-refractivity contribution is 0.506. The van der Waals surface area contributed by atoms with E-state index in [0.29, 0.717) is 0 Å². The zero-order valence-corrected chi connectivity index (χ0v) is 29.9. The Balaban J connectivity index is 0.000000237. The van der Waals surface area contributed by atoms with Crippen LogP contribution in [0, 0.1) is 63.3 Å². The predicted octanol–water partition coefficient (Wildman–Crippen LogP) is 9.74. The van der Waals surface area contributed by atoms with Gasteiger partial charge in [-0.1, -0.05) is 46.4 Å². The Hall–Kier alpha value is -4.25. The highest BCUT2D eigenvalue weighted by Crippen LogP contribution is 2.31. The normalized spacial score (nSPS) is 10.5. The second-order valence-electron chi connectivity index (χ2n) is 8.82. The first-order valence-electron chi connectivity index (χ1n) is 12.7. The molecule has 51 heavy (non-hydrogen) atoms. The number of aromatic nitrogens is 2. The lowest BCUT2D eigenvalue weighted by atomic mass is 10.2. The van der Waals surface area contributed by atoms with Gasteiger partial charge in [-0.05, 0) is 48.5 Å². The van der Waals surface area contributed by atoms with E-state index in [1.165, 1.54) is 18.2 Å². The summed E-state index contributed by atoms with van der Waals surface area (Å²) in [7, 11) is 0. The van der Waals surface area contributed by atoms with E-state index in [0.717, 1.165) is 47.9 Å². The molecule has 0 saturated carbocycles. The Kier molecular flexibility index (Phi) is 16.3. The molecule has 8 nitrogen and oxygen atoms in total. The average molecular weight is 881 g/mol. The van der Waals surface area contributed by atoms with Gasteiger partial charge in [0.1, 0.15) is 23.3 Å². The second kappa shape index (κ2) is 19.4. The van der Waals surface area contributed by atoms with Crippen LogP contribution < -0.4 is 17.2 Å². The third kappa shape index (κ3) is 11.1.